The number of aliphatic carboxylic acids is 1. The number of thiophene rings is 1. The molecule has 1 N–H and O–H groups in total. The smallest absolute Gasteiger partial charge is 0.303 e. The Morgan fingerprint density at radius 1 is 1.39 bits per heavy atom. The van der Waals surface area contributed by atoms with Gasteiger partial charge in [-0.05, 0) is 36.8 Å². The lowest BCUT2D eigenvalue weighted by Crippen LogP contribution is -2.28. The number of hydrogen-bond donors (Lipinski definition) is 1. The zero-order chi connectivity index (χ0) is 13.5. The molecule has 0 saturated carbocycles. The summed E-state index contributed by atoms with van der Waals surface area (Å²) in [5.41, 5.74) is 1.27. The number of carboxylic acid groups (broad SMARTS) is 1. The predicted octanol–water partition coefficient (Wildman–Crippen LogP) is 2.31. The monoisotopic (exact) mass is 269 g/mol. The number of aryl methyl sites for hydroxylation is 1. The molecular formula is C13H19NO3S. The van der Waals surface area contributed by atoms with Crippen LogP contribution in [0.1, 0.15) is 29.7 Å². The molecule has 100 valence electrons. The van der Waals surface area contributed by atoms with Gasteiger partial charge in [-0.25, -0.2) is 0 Å². The van der Waals surface area contributed by atoms with Crippen molar-refractivity contribution < 1.29 is 14.7 Å². The molecule has 0 aliphatic carbocycles. The van der Waals surface area contributed by atoms with E-state index in [-0.39, 0.29) is 12.3 Å². The third-order valence-electron chi connectivity index (χ3n) is 2.85. The van der Waals surface area contributed by atoms with Gasteiger partial charge in [0, 0.05) is 31.3 Å². The molecule has 1 amide bonds. The highest BCUT2D eigenvalue weighted by Crippen LogP contribution is 2.16. The van der Waals surface area contributed by atoms with Gasteiger partial charge in [-0.3, -0.25) is 9.59 Å². The van der Waals surface area contributed by atoms with E-state index in [4.69, 9.17) is 5.11 Å². The normalized spacial score (nSPS) is 10.3. The standard InChI is InChI=1S/C13H19NO3S/c1-10-7-9-18-11(10)6-8-14(2)12(15)4-3-5-13(16)17/h7,9H,3-6,8H2,1-2H3,(H,16,17). The zero-order valence-electron chi connectivity index (χ0n) is 10.8. The summed E-state index contributed by atoms with van der Waals surface area (Å²) in [5, 5.41) is 10.6. The van der Waals surface area contributed by atoms with Gasteiger partial charge in [-0.2, -0.15) is 0 Å². The Balaban J connectivity index is 2.27. The van der Waals surface area contributed by atoms with Crippen molar-refractivity contribution in [3.63, 3.8) is 0 Å². The second-order valence-electron chi connectivity index (χ2n) is 4.34. The number of likely N-dealkylation sites (N-methyl/N-ethyl adjacent to an activating group) is 1. The first kappa shape index (κ1) is 14.7. The molecule has 5 heteroatoms. The number of nitrogens with zero attached hydrogens (tertiary/aromatic N) is 1. The van der Waals surface area contributed by atoms with Gasteiger partial charge in [0.25, 0.3) is 0 Å². The Morgan fingerprint density at radius 2 is 2.11 bits per heavy atom. The molecule has 0 unspecified atom stereocenters. The van der Waals surface area contributed by atoms with Gasteiger partial charge in [0.1, 0.15) is 0 Å². The van der Waals surface area contributed by atoms with E-state index in [9.17, 15) is 9.59 Å². The number of rotatable bonds is 7. The summed E-state index contributed by atoms with van der Waals surface area (Å²) >= 11 is 1.71. The van der Waals surface area contributed by atoms with Crippen molar-refractivity contribution in [1.82, 2.24) is 4.90 Å². The highest BCUT2D eigenvalue weighted by atomic mass is 32.1. The molecule has 0 spiro atoms. The quantitative estimate of drug-likeness (QED) is 0.826. The Hall–Kier alpha value is -1.36. The van der Waals surface area contributed by atoms with Gasteiger partial charge < -0.3 is 10.0 Å². The second kappa shape index (κ2) is 7.16. The Morgan fingerprint density at radius 3 is 2.67 bits per heavy atom. The minimum Gasteiger partial charge on any atom is -0.481 e. The van der Waals surface area contributed by atoms with Crippen molar-refractivity contribution in [1.29, 1.82) is 0 Å². The summed E-state index contributed by atoms with van der Waals surface area (Å²) < 4.78 is 0. The first-order chi connectivity index (χ1) is 8.50. The Bertz CT molecular complexity index is 414. The van der Waals surface area contributed by atoms with Gasteiger partial charge in [0.2, 0.25) is 5.91 Å². The molecule has 1 aromatic rings. The Kier molecular flexibility index (Phi) is 5.85. The number of carbonyl (C=O) groups excluding carboxylic acids is 1. The molecule has 1 rings (SSSR count). The summed E-state index contributed by atoms with van der Waals surface area (Å²) in [7, 11) is 1.77. The fourth-order valence-corrected chi connectivity index (χ4v) is 2.54. The van der Waals surface area contributed by atoms with E-state index in [1.807, 2.05) is 0 Å². The predicted molar refractivity (Wildman–Crippen MR) is 71.9 cm³/mol. The van der Waals surface area contributed by atoms with Crippen molar-refractivity contribution >= 4 is 23.2 Å². The van der Waals surface area contributed by atoms with Gasteiger partial charge in [-0.15, -0.1) is 11.3 Å². The number of hydrogen-bond acceptors (Lipinski definition) is 3. The number of amides is 1. The van der Waals surface area contributed by atoms with E-state index in [0.717, 1.165) is 6.42 Å². The molecule has 1 aromatic heterocycles. The molecule has 1 heterocycles. The maximum atomic E-state index is 11.7. The third-order valence-corrected chi connectivity index (χ3v) is 3.93. The van der Waals surface area contributed by atoms with Crippen molar-refractivity contribution in [3.05, 3.63) is 21.9 Å². The maximum Gasteiger partial charge on any atom is 0.303 e. The van der Waals surface area contributed by atoms with E-state index in [1.165, 1.54) is 10.4 Å². The molecule has 0 aromatic carbocycles. The van der Waals surface area contributed by atoms with Gasteiger partial charge >= 0.3 is 5.97 Å². The molecule has 0 aliphatic heterocycles. The van der Waals surface area contributed by atoms with E-state index in [0.29, 0.717) is 19.4 Å². The van der Waals surface area contributed by atoms with Crippen LogP contribution < -0.4 is 0 Å². The SMILES string of the molecule is Cc1ccsc1CCN(C)C(=O)CCCC(=O)O. The fourth-order valence-electron chi connectivity index (χ4n) is 1.64. The van der Waals surface area contributed by atoms with Crippen LogP contribution in [0, 0.1) is 6.92 Å². The van der Waals surface area contributed by atoms with Gasteiger partial charge in [0.05, 0.1) is 0 Å². The number of carboxylic acids is 1. The largest absolute Gasteiger partial charge is 0.481 e. The van der Waals surface area contributed by atoms with Gasteiger partial charge in [0.15, 0.2) is 0 Å². The molecule has 0 saturated heterocycles. The molecule has 18 heavy (non-hydrogen) atoms. The fraction of sp³-hybridized carbons (Fsp3) is 0.538. The summed E-state index contributed by atoms with van der Waals surface area (Å²) in [6.45, 7) is 2.76. The van der Waals surface area contributed by atoms with Crippen LogP contribution in [-0.2, 0) is 16.0 Å². The topological polar surface area (TPSA) is 57.6 Å². The van der Waals surface area contributed by atoms with Crippen LogP contribution in [0.3, 0.4) is 0 Å². The summed E-state index contributed by atoms with van der Waals surface area (Å²) in [6, 6.07) is 2.08. The maximum absolute atomic E-state index is 11.7. The van der Waals surface area contributed by atoms with Crippen LogP contribution in [0.2, 0.25) is 0 Å². The Labute approximate surface area is 111 Å². The van der Waals surface area contributed by atoms with Crippen LogP contribution in [-0.4, -0.2) is 35.5 Å². The van der Waals surface area contributed by atoms with Crippen LogP contribution in [0.5, 0.6) is 0 Å². The van der Waals surface area contributed by atoms with Crippen LogP contribution in [0.4, 0.5) is 0 Å². The van der Waals surface area contributed by atoms with Crippen LogP contribution in [0.15, 0.2) is 11.4 Å². The summed E-state index contributed by atoms with van der Waals surface area (Å²) in [5.74, 6) is -0.829. The highest BCUT2D eigenvalue weighted by molar-refractivity contribution is 7.10. The molecule has 0 aliphatic rings. The van der Waals surface area contributed by atoms with Crippen LogP contribution in [0.25, 0.3) is 0 Å². The number of carbonyl (C=O) groups is 2. The van der Waals surface area contributed by atoms with E-state index in [1.54, 1.807) is 23.3 Å². The molecule has 0 radical (unpaired) electrons. The highest BCUT2D eigenvalue weighted by Gasteiger charge is 2.10. The van der Waals surface area contributed by atoms with Crippen LogP contribution >= 0.6 is 11.3 Å². The van der Waals surface area contributed by atoms with Crippen molar-refractivity contribution in [2.24, 2.45) is 0 Å². The first-order valence-electron chi connectivity index (χ1n) is 5.99. The molecule has 0 fully saturated rings. The van der Waals surface area contributed by atoms with E-state index in [2.05, 4.69) is 18.4 Å². The van der Waals surface area contributed by atoms with Crippen molar-refractivity contribution in [3.8, 4) is 0 Å². The van der Waals surface area contributed by atoms with E-state index < -0.39 is 5.97 Å². The third kappa shape index (κ3) is 4.87. The average molecular weight is 269 g/mol. The lowest BCUT2D eigenvalue weighted by atomic mass is 10.2. The molecular weight excluding hydrogens is 250 g/mol. The summed E-state index contributed by atoms with van der Waals surface area (Å²) in [6.07, 6.45) is 1.65. The zero-order valence-corrected chi connectivity index (χ0v) is 11.6. The molecule has 0 bridgehead atoms. The second-order valence-corrected chi connectivity index (χ2v) is 5.34. The average Bonchev–Trinajstić information content (AvgIpc) is 2.71. The minimum absolute atomic E-state index is 0.0189. The van der Waals surface area contributed by atoms with E-state index >= 15 is 0 Å². The summed E-state index contributed by atoms with van der Waals surface area (Å²) in [4.78, 5) is 25.0. The van der Waals surface area contributed by atoms with Crippen molar-refractivity contribution in [2.75, 3.05) is 13.6 Å². The molecule has 4 nitrogen and oxygen atoms in total. The first-order valence-corrected chi connectivity index (χ1v) is 6.87. The lowest BCUT2D eigenvalue weighted by Gasteiger charge is -2.16. The lowest BCUT2D eigenvalue weighted by molar-refractivity contribution is -0.137. The van der Waals surface area contributed by atoms with Crippen molar-refractivity contribution in [2.45, 2.75) is 32.6 Å². The molecule has 0 atom stereocenters. The minimum atomic E-state index is -0.848. The van der Waals surface area contributed by atoms with Gasteiger partial charge in [-0.1, -0.05) is 0 Å².